The zero-order valence-corrected chi connectivity index (χ0v) is 93.9. The Morgan fingerprint density at radius 1 is 0.146 bits per heavy atom. The third kappa shape index (κ3) is 27.7. The molecule has 17 rings (SSSR count). The molecule has 4 nitrogen and oxygen atoms in total. The molecule has 0 saturated carbocycles. The molecule has 0 radical (unpaired) electrons. The molecule has 0 aliphatic carbocycles. The summed E-state index contributed by atoms with van der Waals surface area (Å²) in [6.45, 7) is 23.1. The minimum absolute atomic E-state index is 0.637. The fourth-order valence-electron chi connectivity index (χ4n) is 25.1. The van der Waals surface area contributed by atoms with Crippen molar-refractivity contribution in [3.63, 3.8) is 0 Å². The molecule has 8 aromatic carbocycles. The molecule has 768 valence electrons. The number of aromatic nitrogens is 4. The van der Waals surface area contributed by atoms with E-state index in [-0.39, 0.29) is 0 Å². The molecule has 24 bridgehead atoms. The van der Waals surface area contributed by atoms with Crippen molar-refractivity contribution in [2.75, 3.05) is 0 Å². The number of benzene rings is 8. The molecule has 0 fully saturated rings. The van der Waals surface area contributed by atoms with Crippen molar-refractivity contribution < 1.29 is 0 Å². The van der Waals surface area contributed by atoms with Crippen LogP contribution in [0.2, 0.25) is 0 Å². The fraction of sp³-hybridized carbons (Fsp3) is 0.529. The van der Waals surface area contributed by atoms with Crippen LogP contribution in [0.25, 0.3) is 171 Å². The number of hydrogen-bond donors (Lipinski definition) is 0. The normalized spacial score (nSPS) is 12.4. The lowest BCUT2D eigenvalue weighted by Crippen LogP contribution is -2.11. The molecule has 0 unspecified atom stereocenters. The van der Waals surface area contributed by atoms with Crippen LogP contribution >= 0.6 is 45.3 Å². The SMILES string of the molecule is CCCCCCCCC(CCCCCCCC)Cn1c2ccc3cc2c2cc(ccc21)-c1ccc(s1)-c1ccc2c(c1)c1cc(ccc1n2CC(CCCCCCCC)CCCCCCCC)-c1ccc(s1)-c1ccc2c(c1)c1cc(ccc1n2CC(CCCCCCCC)CCCCCCCC)-c1ccc(s1)-c1ccc2c(c1)c1cc(ccc1n2CC(CCCCCCCC)CCCCCCCC)-c1ccc-3s1. The van der Waals surface area contributed by atoms with Gasteiger partial charge in [-0.25, -0.2) is 0 Å². The van der Waals surface area contributed by atoms with Gasteiger partial charge in [0.05, 0.1) is 0 Å². The minimum Gasteiger partial charge on any atom is -0.340 e. The smallest absolute Gasteiger partial charge is 0.0491 e. The van der Waals surface area contributed by atoms with Crippen molar-refractivity contribution >= 4 is 133 Å². The van der Waals surface area contributed by atoms with E-state index in [4.69, 9.17) is 0 Å². The first kappa shape index (κ1) is 107. The molecule has 8 heteroatoms. The third-order valence-corrected chi connectivity index (χ3v) is 38.4. The lowest BCUT2D eigenvalue weighted by Gasteiger charge is -2.20. The maximum atomic E-state index is 2.80. The van der Waals surface area contributed by atoms with Crippen LogP contribution in [0.3, 0.4) is 0 Å². The Hall–Kier alpha value is -8.24. The van der Waals surface area contributed by atoms with Gasteiger partial charge in [-0.2, -0.15) is 0 Å². The third-order valence-electron chi connectivity index (χ3n) is 33.7. The molecule has 1 aliphatic rings. The van der Waals surface area contributed by atoms with Gasteiger partial charge in [0.25, 0.3) is 0 Å². The molecule has 0 saturated heterocycles. The molecular weight excluding hydrogens is 1820 g/mol. The van der Waals surface area contributed by atoms with Crippen LogP contribution < -0.4 is 0 Å². The van der Waals surface area contributed by atoms with E-state index >= 15 is 0 Å². The van der Waals surface area contributed by atoms with E-state index in [0.29, 0.717) is 23.7 Å². The summed E-state index contributed by atoms with van der Waals surface area (Å²) < 4.78 is 11.2. The summed E-state index contributed by atoms with van der Waals surface area (Å²) in [5.74, 6) is 2.55. The van der Waals surface area contributed by atoms with E-state index in [1.165, 1.54) is 530 Å². The van der Waals surface area contributed by atoms with Crippen molar-refractivity contribution in [2.24, 2.45) is 23.7 Å². The van der Waals surface area contributed by atoms with Gasteiger partial charge < -0.3 is 18.3 Å². The predicted molar refractivity (Wildman–Crippen MR) is 645 cm³/mol. The van der Waals surface area contributed by atoms with Gasteiger partial charge in [0.2, 0.25) is 0 Å². The summed E-state index contributed by atoms with van der Waals surface area (Å²) in [7, 11) is 0. The monoisotopic (exact) mass is 2000 g/mol. The highest BCUT2D eigenvalue weighted by Crippen LogP contribution is 2.49. The lowest BCUT2D eigenvalue weighted by atomic mass is 9.93. The van der Waals surface area contributed by atoms with Gasteiger partial charge >= 0.3 is 0 Å². The number of hydrogen-bond acceptors (Lipinski definition) is 4. The molecule has 1 aliphatic heterocycles. The summed E-state index contributed by atoms with van der Waals surface area (Å²) in [6, 6.07) is 80.7. The van der Waals surface area contributed by atoms with Crippen molar-refractivity contribution in [1.29, 1.82) is 0 Å². The van der Waals surface area contributed by atoms with Crippen LogP contribution in [0.1, 0.15) is 415 Å². The number of fused-ring (bicyclic) bond motifs is 24. The first-order chi connectivity index (χ1) is 71.1. The Morgan fingerprint density at radius 2 is 0.264 bits per heavy atom. The maximum absolute atomic E-state index is 2.80. The first-order valence-corrected chi connectivity index (χ1v) is 63.1. The molecular formula is C136H180N4S4. The van der Waals surface area contributed by atoms with Crippen LogP contribution in [-0.4, -0.2) is 18.3 Å². The lowest BCUT2D eigenvalue weighted by molar-refractivity contribution is 0.364. The second-order valence-electron chi connectivity index (χ2n) is 44.9. The van der Waals surface area contributed by atoms with Gasteiger partial charge in [0, 0.05) is 152 Å². The Labute approximate surface area is 886 Å². The van der Waals surface area contributed by atoms with Gasteiger partial charge in [0.1, 0.15) is 0 Å². The van der Waals surface area contributed by atoms with Crippen LogP contribution in [0.4, 0.5) is 0 Å². The number of nitrogens with zero attached hydrogens (tertiary/aromatic N) is 4. The fourth-order valence-corrected chi connectivity index (χ4v) is 29.1. The minimum atomic E-state index is 0.637. The summed E-state index contributed by atoms with van der Waals surface area (Å²) in [5, 5.41) is 11.1. The molecule has 0 amide bonds. The number of rotatable bonds is 64. The highest BCUT2D eigenvalue weighted by atomic mass is 32.1. The topological polar surface area (TPSA) is 19.7 Å². The second kappa shape index (κ2) is 55.9. The first-order valence-electron chi connectivity index (χ1n) is 59.8. The van der Waals surface area contributed by atoms with Crippen molar-refractivity contribution in [3.05, 3.63) is 194 Å². The van der Waals surface area contributed by atoms with Crippen LogP contribution in [0.5, 0.6) is 0 Å². The van der Waals surface area contributed by atoms with Gasteiger partial charge in [-0.05, 0) is 265 Å². The van der Waals surface area contributed by atoms with E-state index in [1.807, 2.05) is 45.3 Å². The van der Waals surface area contributed by atoms with Gasteiger partial charge in [-0.1, -0.05) is 412 Å². The largest absolute Gasteiger partial charge is 0.340 e. The molecule has 144 heavy (non-hydrogen) atoms. The van der Waals surface area contributed by atoms with E-state index in [2.05, 4.69) is 268 Å². The summed E-state index contributed by atoms with van der Waals surface area (Å²) in [4.78, 5) is 10.7. The standard InChI is InChI=1S/C136H180N4S4/c1-9-17-25-33-41-49-57-101(58-50-42-34-26-18-10-2)97-137-121-73-65-105-89-113(121)114-90-106(66-74-122(114)137)130-82-84-132(142-130)108-68-76-124-116(92-108)118-94-110(70-78-126(118)139(124)99-103(61-53-45-37-29-21-13-5)62-54-46-38-30-22-14-6)134-86-88-136(144-134)112-72-80-128-120(96-112)119-95-111(71-79-127(119)140(128)100-104(63-55-47-39-31-23-15-7)64-56-48-40-32-24-16-8)135-87-85-133(143-135)109-69-77-125-117(93-109)115-91-107(131-83-81-129(105)141-131)67-75-123(115)138(125)98-102(59-51-43-35-27-19-11-3)60-52-44-36-28-20-12-4/h65-96,101-104H,9-64,97-100H2,1-8H3. The van der Waals surface area contributed by atoms with Gasteiger partial charge in [0.15, 0.2) is 0 Å². The summed E-state index contributed by atoms with van der Waals surface area (Å²) in [5.41, 5.74) is 21.6. The van der Waals surface area contributed by atoms with Crippen molar-refractivity contribution in [2.45, 2.75) is 441 Å². The van der Waals surface area contributed by atoms with E-state index in [0.717, 1.165) is 26.2 Å². The molecule has 0 atom stereocenters. The highest BCUT2D eigenvalue weighted by molar-refractivity contribution is 7.20. The molecule has 9 heterocycles. The van der Waals surface area contributed by atoms with E-state index < -0.39 is 0 Å². The predicted octanol–water partition coefficient (Wildman–Crippen LogP) is 46.5. The van der Waals surface area contributed by atoms with Crippen molar-refractivity contribution in [3.8, 4) is 83.5 Å². The Balaban J connectivity index is 0.809. The highest BCUT2D eigenvalue weighted by Gasteiger charge is 2.27. The van der Waals surface area contributed by atoms with Crippen LogP contribution in [0, 0.1) is 23.7 Å². The zero-order chi connectivity index (χ0) is 99.0. The number of unbranched alkanes of at least 4 members (excludes halogenated alkanes) is 40. The molecule has 0 N–H and O–H groups in total. The van der Waals surface area contributed by atoms with Gasteiger partial charge in [-0.3, -0.25) is 0 Å². The quantitative estimate of drug-likeness (QED) is 0.0339. The Bertz CT molecular complexity index is 5460. The molecule has 0 spiro atoms. The molecule has 16 aromatic rings. The summed E-state index contributed by atoms with van der Waals surface area (Å²) in [6.07, 6.45) is 75.1. The zero-order valence-electron chi connectivity index (χ0n) is 90.6. The average Bonchev–Trinajstić information content (AvgIpc) is 1.60. The average molecular weight is 2000 g/mol. The van der Waals surface area contributed by atoms with Gasteiger partial charge in [-0.15, -0.1) is 45.3 Å². The van der Waals surface area contributed by atoms with Crippen LogP contribution in [-0.2, 0) is 26.2 Å². The summed E-state index contributed by atoms with van der Waals surface area (Å²) >= 11 is 7.95. The van der Waals surface area contributed by atoms with E-state index in [9.17, 15) is 0 Å². The van der Waals surface area contributed by atoms with E-state index in [1.54, 1.807) is 0 Å². The maximum Gasteiger partial charge on any atom is 0.0491 e. The van der Waals surface area contributed by atoms with Crippen molar-refractivity contribution in [1.82, 2.24) is 18.3 Å². The Morgan fingerprint density at radius 3 is 0.389 bits per heavy atom. The molecule has 8 aromatic heterocycles. The number of thiophene rings is 4. The Kier molecular flexibility index (Phi) is 41.5. The van der Waals surface area contributed by atoms with Crippen LogP contribution in [0.15, 0.2) is 194 Å². The second-order valence-corrected chi connectivity index (χ2v) is 49.2.